The summed E-state index contributed by atoms with van der Waals surface area (Å²) in [5.74, 6) is -0.603. The predicted molar refractivity (Wildman–Crippen MR) is 148 cm³/mol. The third-order valence-corrected chi connectivity index (χ3v) is 6.14. The second-order valence-corrected chi connectivity index (χ2v) is 9.64. The minimum Gasteiger partial charge on any atom is -0.480 e. The number of aromatic nitrogens is 5. The Balaban J connectivity index is 1.81. The molecule has 3 heterocycles. The minimum absolute atomic E-state index is 0.0805. The molecule has 0 fully saturated rings. The third kappa shape index (κ3) is 5.69. The van der Waals surface area contributed by atoms with E-state index in [1.165, 1.54) is 40.7 Å². The van der Waals surface area contributed by atoms with Gasteiger partial charge < -0.3 is 20.1 Å². The van der Waals surface area contributed by atoms with E-state index in [9.17, 15) is 14.4 Å². The van der Waals surface area contributed by atoms with Crippen molar-refractivity contribution >= 4 is 46.1 Å². The van der Waals surface area contributed by atoms with Crippen LogP contribution in [-0.4, -0.2) is 74.7 Å². The molecule has 0 aliphatic rings. The molecule has 1 aromatic carbocycles. The van der Waals surface area contributed by atoms with E-state index in [4.69, 9.17) is 21.1 Å². The van der Waals surface area contributed by atoms with E-state index in [-0.39, 0.29) is 46.4 Å². The Bertz CT molecular complexity index is 1600. The van der Waals surface area contributed by atoms with Crippen LogP contribution in [0.3, 0.4) is 0 Å². The fraction of sp³-hybridized carbons (Fsp3) is 0.308. The maximum absolute atomic E-state index is 13.7. The van der Waals surface area contributed by atoms with Crippen LogP contribution in [0.5, 0.6) is 5.88 Å². The van der Waals surface area contributed by atoms with E-state index in [1.807, 2.05) is 13.8 Å². The zero-order valence-corrected chi connectivity index (χ0v) is 23.6. The van der Waals surface area contributed by atoms with Crippen molar-refractivity contribution in [2.45, 2.75) is 33.5 Å². The molecule has 4 aromatic rings. The van der Waals surface area contributed by atoms with Gasteiger partial charge in [-0.25, -0.2) is 14.5 Å². The lowest BCUT2D eigenvalue weighted by atomic mass is 10.0. The number of nitrogens with zero attached hydrogens (tertiary/aromatic N) is 6. The number of anilines is 1. The molecule has 40 heavy (non-hydrogen) atoms. The van der Waals surface area contributed by atoms with Crippen LogP contribution in [0.1, 0.15) is 40.3 Å². The van der Waals surface area contributed by atoms with Gasteiger partial charge in [0.25, 0.3) is 11.8 Å². The maximum atomic E-state index is 13.7. The summed E-state index contributed by atoms with van der Waals surface area (Å²) in [6.07, 6.45) is 2.70. The highest BCUT2D eigenvalue weighted by atomic mass is 35.5. The maximum Gasteiger partial charge on any atom is 0.410 e. The SMILES string of the molecule is COC(=O)N(C)Cn1cc2cc(C)c(NC(=O)c3cc(OC)nn3-c3ncccc3Cl)c(C(=O)NC(C)C)c2n1. The molecule has 2 N–H and O–H groups in total. The number of ether oxygens (including phenoxy) is 2. The number of rotatable bonds is 8. The number of hydrogen-bond donors (Lipinski definition) is 2. The number of fused-ring (bicyclic) bond motifs is 1. The zero-order valence-electron chi connectivity index (χ0n) is 22.9. The molecule has 14 heteroatoms. The molecule has 0 aliphatic carbocycles. The highest BCUT2D eigenvalue weighted by Crippen LogP contribution is 2.31. The van der Waals surface area contributed by atoms with Crippen LogP contribution in [0.25, 0.3) is 16.7 Å². The van der Waals surface area contributed by atoms with Gasteiger partial charge in [-0.2, -0.15) is 5.10 Å². The van der Waals surface area contributed by atoms with E-state index in [1.54, 1.807) is 38.4 Å². The number of pyridine rings is 1. The molecule has 0 saturated heterocycles. The normalized spacial score (nSPS) is 11.0. The summed E-state index contributed by atoms with van der Waals surface area (Å²) in [7, 11) is 4.27. The second-order valence-electron chi connectivity index (χ2n) is 9.23. The molecule has 13 nitrogen and oxygen atoms in total. The Morgan fingerprint density at radius 3 is 2.55 bits per heavy atom. The lowest BCUT2D eigenvalue weighted by Gasteiger charge is -2.16. The van der Waals surface area contributed by atoms with Gasteiger partial charge in [0.15, 0.2) is 5.82 Å². The number of amides is 3. The van der Waals surface area contributed by atoms with Crippen LogP contribution in [0, 0.1) is 6.92 Å². The van der Waals surface area contributed by atoms with E-state index >= 15 is 0 Å². The largest absolute Gasteiger partial charge is 0.480 e. The minimum atomic E-state index is -0.580. The van der Waals surface area contributed by atoms with Crippen LogP contribution in [-0.2, 0) is 11.4 Å². The number of nitrogens with one attached hydrogen (secondary N) is 2. The van der Waals surface area contributed by atoms with Crippen molar-refractivity contribution in [2.75, 3.05) is 26.6 Å². The molecule has 0 aliphatic heterocycles. The standard InChI is InChI=1S/C26H29ClN8O5/c1-14(2)29-25(37)20-21(15(3)10-16-12-34(32-22(16)20)13-33(4)26(38)40-6)30-24(36)18-11-19(39-5)31-35(18)23-17(27)8-7-9-28-23/h7-12,14H,13H2,1-6H3,(H,29,37)(H,30,36). The van der Waals surface area contributed by atoms with Gasteiger partial charge >= 0.3 is 6.09 Å². The Hall–Kier alpha value is -4.65. The van der Waals surface area contributed by atoms with Crippen molar-refractivity contribution < 1.29 is 23.9 Å². The van der Waals surface area contributed by atoms with E-state index < -0.39 is 17.9 Å². The summed E-state index contributed by atoms with van der Waals surface area (Å²) in [6.45, 7) is 5.51. The van der Waals surface area contributed by atoms with Crippen molar-refractivity contribution in [3.8, 4) is 11.7 Å². The second kappa shape index (κ2) is 11.6. The van der Waals surface area contributed by atoms with Crippen molar-refractivity contribution in [3.63, 3.8) is 0 Å². The summed E-state index contributed by atoms with van der Waals surface area (Å²) in [5, 5.41) is 15.5. The number of methoxy groups -OCH3 is 2. The smallest absolute Gasteiger partial charge is 0.410 e. The molecule has 0 radical (unpaired) electrons. The van der Waals surface area contributed by atoms with Gasteiger partial charge in [-0.3, -0.25) is 19.2 Å². The molecule has 0 atom stereocenters. The van der Waals surface area contributed by atoms with Crippen molar-refractivity contribution in [3.05, 3.63) is 58.5 Å². The van der Waals surface area contributed by atoms with Crippen LogP contribution < -0.4 is 15.4 Å². The first-order valence-corrected chi connectivity index (χ1v) is 12.6. The summed E-state index contributed by atoms with van der Waals surface area (Å²) >= 11 is 6.33. The molecular formula is C26H29ClN8O5. The van der Waals surface area contributed by atoms with Gasteiger partial charge in [0.1, 0.15) is 17.9 Å². The van der Waals surface area contributed by atoms with Crippen LogP contribution in [0.2, 0.25) is 5.02 Å². The molecule has 210 valence electrons. The topological polar surface area (TPSA) is 146 Å². The Labute approximate surface area is 235 Å². The third-order valence-electron chi connectivity index (χ3n) is 5.84. The van der Waals surface area contributed by atoms with Crippen molar-refractivity contribution in [1.82, 2.24) is 34.8 Å². The lowest BCUT2D eigenvalue weighted by Crippen LogP contribution is -2.32. The van der Waals surface area contributed by atoms with Gasteiger partial charge in [-0.1, -0.05) is 11.6 Å². The number of aryl methyl sites for hydroxylation is 1. The molecule has 3 amide bonds. The Morgan fingerprint density at radius 1 is 1.15 bits per heavy atom. The average Bonchev–Trinajstić information content (AvgIpc) is 3.52. The molecule has 0 unspecified atom stereocenters. The quantitative estimate of drug-likeness (QED) is 0.328. The van der Waals surface area contributed by atoms with Crippen molar-refractivity contribution in [1.29, 1.82) is 0 Å². The van der Waals surface area contributed by atoms with Gasteiger partial charge in [-0.15, -0.1) is 5.10 Å². The first-order chi connectivity index (χ1) is 19.0. The molecule has 0 saturated carbocycles. The Kier molecular flexibility index (Phi) is 8.24. The first kappa shape index (κ1) is 28.4. The predicted octanol–water partition coefficient (Wildman–Crippen LogP) is 3.63. The molecule has 0 spiro atoms. The summed E-state index contributed by atoms with van der Waals surface area (Å²) < 4.78 is 12.8. The lowest BCUT2D eigenvalue weighted by molar-refractivity contribution is 0.0945. The van der Waals surface area contributed by atoms with Crippen LogP contribution in [0.15, 0.2) is 36.7 Å². The van der Waals surface area contributed by atoms with Gasteiger partial charge in [0.2, 0.25) is 5.88 Å². The Morgan fingerprint density at radius 2 is 1.90 bits per heavy atom. The number of carbonyl (C=O) groups excluding carboxylic acids is 3. The summed E-state index contributed by atoms with van der Waals surface area (Å²) in [5.41, 5.74) is 1.48. The molecular weight excluding hydrogens is 540 g/mol. The highest BCUT2D eigenvalue weighted by Gasteiger charge is 2.26. The molecule has 0 bridgehead atoms. The highest BCUT2D eigenvalue weighted by molar-refractivity contribution is 6.32. The van der Waals surface area contributed by atoms with Crippen LogP contribution >= 0.6 is 11.6 Å². The monoisotopic (exact) mass is 568 g/mol. The van der Waals surface area contributed by atoms with Gasteiger partial charge in [-0.05, 0) is 44.5 Å². The van der Waals surface area contributed by atoms with E-state index in [0.717, 1.165) is 0 Å². The van der Waals surface area contributed by atoms with Crippen molar-refractivity contribution in [2.24, 2.45) is 0 Å². The van der Waals surface area contributed by atoms with Gasteiger partial charge in [0.05, 0.1) is 30.5 Å². The zero-order chi connectivity index (χ0) is 29.1. The van der Waals surface area contributed by atoms with Gasteiger partial charge in [0, 0.05) is 36.9 Å². The number of benzene rings is 1. The fourth-order valence-electron chi connectivity index (χ4n) is 4.07. The first-order valence-electron chi connectivity index (χ1n) is 12.2. The number of halogens is 1. The number of hydrogen-bond acceptors (Lipinski definition) is 8. The van der Waals surface area contributed by atoms with Crippen LogP contribution in [0.4, 0.5) is 10.5 Å². The summed E-state index contributed by atoms with van der Waals surface area (Å²) in [4.78, 5) is 44.6. The summed E-state index contributed by atoms with van der Waals surface area (Å²) in [6, 6.07) is 6.34. The van der Waals surface area contributed by atoms with E-state index in [2.05, 4.69) is 25.8 Å². The average molecular weight is 569 g/mol. The fourth-order valence-corrected chi connectivity index (χ4v) is 4.27. The molecule has 4 rings (SSSR count). The van der Waals surface area contributed by atoms with E-state index in [0.29, 0.717) is 16.5 Å². The number of carbonyl (C=O) groups is 3. The molecule has 3 aromatic heterocycles.